The average Bonchev–Trinajstić information content (AvgIpc) is 2.76. The molecule has 0 amide bonds. The van der Waals surface area contributed by atoms with Crippen molar-refractivity contribution in [3.8, 4) is 0 Å². The lowest BCUT2D eigenvalue weighted by molar-refractivity contribution is 0.116. The average molecular weight is 221 g/mol. The third-order valence-electron chi connectivity index (χ3n) is 2.80. The van der Waals surface area contributed by atoms with E-state index >= 15 is 0 Å². The summed E-state index contributed by atoms with van der Waals surface area (Å²) in [5, 5.41) is 3.15. The molecule has 1 aromatic rings. The van der Waals surface area contributed by atoms with Crippen molar-refractivity contribution in [1.82, 2.24) is 9.97 Å². The maximum absolute atomic E-state index is 5.48. The highest BCUT2D eigenvalue weighted by Gasteiger charge is 2.18. The number of fused-ring (bicyclic) bond motifs is 1. The summed E-state index contributed by atoms with van der Waals surface area (Å²) < 4.78 is 5.48. The highest BCUT2D eigenvalue weighted by Crippen LogP contribution is 2.25. The number of ether oxygens (including phenoxy) is 1. The Bertz CT molecular complexity index is 366. The number of hydrogen-bond acceptors (Lipinski definition) is 4. The topological polar surface area (TPSA) is 47.0 Å². The van der Waals surface area contributed by atoms with E-state index < -0.39 is 0 Å². The van der Waals surface area contributed by atoms with E-state index in [4.69, 9.17) is 4.74 Å². The molecule has 0 saturated carbocycles. The van der Waals surface area contributed by atoms with Crippen LogP contribution in [-0.4, -0.2) is 23.6 Å². The van der Waals surface area contributed by atoms with E-state index in [1.54, 1.807) is 0 Å². The van der Waals surface area contributed by atoms with E-state index in [9.17, 15) is 0 Å². The predicted molar refractivity (Wildman–Crippen MR) is 63.6 cm³/mol. The maximum Gasteiger partial charge on any atom is 0.156 e. The highest BCUT2D eigenvalue weighted by molar-refractivity contribution is 5.48. The molecule has 2 rings (SSSR count). The van der Waals surface area contributed by atoms with Gasteiger partial charge in [0.05, 0.1) is 0 Å². The Morgan fingerprint density at radius 3 is 2.94 bits per heavy atom. The van der Waals surface area contributed by atoms with Gasteiger partial charge in [-0.2, -0.15) is 0 Å². The van der Waals surface area contributed by atoms with Gasteiger partial charge in [0.15, 0.2) is 5.82 Å². The van der Waals surface area contributed by atoms with Gasteiger partial charge in [-0.25, -0.2) is 9.97 Å². The third kappa shape index (κ3) is 2.32. The minimum atomic E-state index is 0.524. The summed E-state index contributed by atoms with van der Waals surface area (Å²) in [7, 11) is 1.91. The smallest absolute Gasteiger partial charge is 0.156 e. The summed E-state index contributed by atoms with van der Waals surface area (Å²) in [6.45, 7) is 3.40. The van der Waals surface area contributed by atoms with Gasteiger partial charge in [0.2, 0.25) is 0 Å². The van der Waals surface area contributed by atoms with Crippen LogP contribution in [0.1, 0.15) is 36.8 Å². The van der Waals surface area contributed by atoms with E-state index in [0.29, 0.717) is 6.61 Å². The quantitative estimate of drug-likeness (QED) is 0.772. The van der Waals surface area contributed by atoms with E-state index in [1.165, 1.54) is 17.7 Å². The molecule has 4 nitrogen and oxygen atoms in total. The largest absolute Gasteiger partial charge is 0.373 e. The van der Waals surface area contributed by atoms with Gasteiger partial charge in [0.1, 0.15) is 12.4 Å². The summed E-state index contributed by atoms with van der Waals surface area (Å²) in [4.78, 5) is 9.05. The molecule has 0 radical (unpaired) electrons. The summed E-state index contributed by atoms with van der Waals surface area (Å²) in [6, 6.07) is 0. The van der Waals surface area contributed by atoms with Gasteiger partial charge in [-0.3, -0.25) is 0 Å². The van der Waals surface area contributed by atoms with Gasteiger partial charge in [-0.1, -0.05) is 6.92 Å². The van der Waals surface area contributed by atoms with Gasteiger partial charge in [0, 0.05) is 24.9 Å². The Balaban J connectivity index is 2.14. The van der Waals surface area contributed by atoms with Crippen LogP contribution in [0.15, 0.2) is 0 Å². The lowest BCUT2D eigenvalue weighted by Crippen LogP contribution is -2.07. The van der Waals surface area contributed by atoms with Crippen molar-refractivity contribution in [2.24, 2.45) is 0 Å². The lowest BCUT2D eigenvalue weighted by atomic mass is 10.2. The van der Waals surface area contributed by atoms with Gasteiger partial charge >= 0.3 is 0 Å². The van der Waals surface area contributed by atoms with Crippen molar-refractivity contribution in [1.29, 1.82) is 0 Å². The van der Waals surface area contributed by atoms with E-state index in [2.05, 4.69) is 22.2 Å². The van der Waals surface area contributed by atoms with E-state index in [0.717, 1.165) is 37.5 Å². The van der Waals surface area contributed by atoms with Crippen LogP contribution in [0.25, 0.3) is 0 Å². The van der Waals surface area contributed by atoms with Crippen LogP contribution in [0.4, 0.5) is 5.82 Å². The molecule has 1 heterocycles. The van der Waals surface area contributed by atoms with E-state index in [1.807, 2.05) is 7.05 Å². The molecule has 0 atom stereocenters. The second kappa shape index (κ2) is 5.25. The summed E-state index contributed by atoms with van der Waals surface area (Å²) in [5.41, 5.74) is 2.50. The Labute approximate surface area is 96.4 Å². The van der Waals surface area contributed by atoms with Crippen molar-refractivity contribution < 1.29 is 4.74 Å². The molecule has 0 aliphatic heterocycles. The van der Waals surface area contributed by atoms with Gasteiger partial charge < -0.3 is 10.1 Å². The standard InChI is InChI=1S/C12H19N3O/c1-3-7-16-8-11-14-10-6-4-5-9(10)12(13-2)15-11/h3-8H2,1-2H3,(H,13,14,15). The molecule has 0 fully saturated rings. The first-order chi connectivity index (χ1) is 7.85. The molecule has 88 valence electrons. The first kappa shape index (κ1) is 11.3. The van der Waals surface area contributed by atoms with Gasteiger partial charge in [-0.05, 0) is 25.7 Å². The molecule has 1 N–H and O–H groups in total. The molecule has 0 aromatic carbocycles. The number of hydrogen-bond donors (Lipinski definition) is 1. The van der Waals surface area contributed by atoms with Gasteiger partial charge in [0.25, 0.3) is 0 Å². The maximum atomic E-state index is 5.48. The van der Waals surface area contributed by atoms with Crippen LogP contribution in [0.3, 0.4) is 0 Å². The van der Waals surface area contributed by atoms with Crippen LogP contribution in [0, 0.1) is 0 Å². The first-order valence-corrected chi connectivity index (χ1v) is 5.99. The van der Waals surface area contributed by atoms with Crippen LogP contribution in [0.5, 0.6) is 0 Å². The fraction of sp³-hybridized carbons (Fsp3) is 0.667. The zero-order valence-electron chi connectivity index (χ0n) is 10.0. The molecule has 4 heteroatoms. The molecule has 16 heavy (non-hydrogen) atoms. The molecular formula is C12H19N3O. The highest BCUT2D eigenvalue weighted by atomic mass is 16.5. The molecule has 1 aliphatic rings. The molecule has 1 aromatic heterocycles. The van der Waals surface area contributed by atoms with Crippen LogP contribution in [-0.2, 0) is 24.2 Å². The van der Waals surface area contributed by atoms with Crippen molar-refractivity contribution in [3.63, 3.8) is 0 Å². The second-order valence-electron chi connectivity index (χ2n) is 4.07. The fourth-order valence-corrected chi connectivity index (χ4v) is 2.06. The number of aromatic nitrogens is 2. The number of rotatable bonds is 5. The lowest BCUT2D eigenvalue weighted by Gasteiger charge is -2.09. The number of aryl methyl sites for hydroxylation is 1. The Morgan fingerprint density at radius 2 is 2.19 bits per heavy atom. The second-order valence-corrected chi connectivity index (χ2v) is 4.07. The Kier molecular flexibility index (Phi) is 3.72. The van der Waals surface area contributed by atoms with Crippen molar-refractivity contribution in [3.05, 3.63) is 17.1 Å². The van der Waals surface area contributed by atoms with E-state index in [-0.39, 0.29) is 0 Å². The Morgan fingerprint density at radius 1 is 1.31 bits per heavy atom. The minimum absolute atomic E-state index is 0.524. The SMILES string of the molecule is CCCOCc1nc2c(c(NC)n1)CCC2. The molecule has 0 saturated heterocycles. The van der Waals surface area contributed by atoms with Crippen molar-refractivity contribution >= 4 is 5.82 Å². The number of nitrogens with zero attached hydrogens (tertiary/aromatic N) is 2. The molecule has 0 bridgehead atoms. The zero-order valence-corrected chi connectivity index (χ0v) is 10.0. The molecular weight excluding hydrogens is 202 g/mol. The molecule has 1 aliphatic carbocycles. The van der Waals surface area contributed by atoms with Crippen molar-refractivity contribution in [2.45, 2.75) is 39.2 Å². The van der Waals surface area contributed by atoms with Crippen LogP contribution in [0.2, 0.25) is 0 Å². The zero-order chi connectivity index (χ0) is 11.4. The normalized spacial score (nSPS) is 13.9. The molecule has 0 spiro atoms. The van der Waals surface area contributed by atoms with Gasteiger partial charge in [-0.15, -0.1) is 0 Å². The van der Waals surface area contributed by atoms with Crippen LogP contribution >= 0.6 is 0 Å². The first-order valence-electron chi connectivity index (χ1n) is 5.99. The third-order valence-corrected chi connectivity index (χ3v) is 2.80. The molecule has 0 unspecified atom stereocenters. The Hall–Kier alpha value is -1.16. The predicted octanol–water partition coefficient (Wildman–Crippen LogP) is 1.93. The summed E-state index contributed by atoms with van der Waals surface area (Å²) in [5.74, 6) is 1.79. The summed E-state index contributed by atoms with van der Waals surface area (Å²) >= 11 is 0. The monoisotopic (exact) mass is 221 g/mol. The minimum Gasteiger partial charge on any atom is -0.373 e. The number of nitrogens with one attached hydrogen (secondary N) is 1. The van der Waals surface area contributed by atoms with Crippen LogP contribution < -0.4 is 5.32 Å². The van der Waals surface area contributed by atoms with Crippen molar-refractivity contribution in [2.75, 3.05) is 19.0 Å². The summed E-state index contributed by atoms with van der Waals surface area (Å²) in [6.07, 6.45) is 4.40. The fourth-order valence-electron chi connectivity index (χ4n) is 2.06. The number of anilines is 1.